The lowest BCUT2D eigenvalue weighted by atomic mass is 10.1. The number of fused-ring (bicyclic) bond motifs is 1. The van der Waals surface area contributed by atoms with E-state index in [-0.39, 0.29) is 11.4 Å². The maximum absolute atomic E-state index is 8.75. The Kier molecular flexibility index (Phi) is 3.99. The second-order valence-electron chi connectivity index (χ2n) is 5.73. The molecule has 1 aromatic heterocycles. The van der Waals surface area contributed by atoms with E-state index in [0.717, 1.165) is 17.4 Å². The highest BCUT2D eigenvalue weighted by Gasteiger charge is 2.10. The van der Waals surface area contributed by atoms with E-state index in [1.807, 2.05) is 51.2 Å². The topological polar surface area (TPSA) is 72.8 Å². The van der Waals surface area contributed by atoms with Crippen LogP contribution in [-0.2, 0) is 11.3 Å². The molecule has 0 aliphatic heterocycles. The van der Waals surface area contributed by atoms with Gasteiger partial charge in [0.15, 0.2) is 5.84 Å². The van der Waals surface area contributed by atoms with Crippen molar-refractivity contribution in [3.8, 4) is 0 Å². The van der Waals surface area contributed by atoms with Gasteiger partial charge < -0.3 is 20.2 Å². The van der Waals surface area contributed by atoms with Gasteiger partial charge in [-0.1, -0.05) is 17.3 Å². The van der Waals surface area contributed by atoms with Gasteiger partial charge in [-0.3, -0.25) is 0 Å². The smallest absolute Gasteiger partial charge is 0.170 e. The Morgan fingerprint density at radius 1 is 1.35 bits per heavy atom. The summed E-state index contributed by atoms with van der Waals surface area (Å²) in [5.41, 5.74) is 7.24. The molecule has 0 bridgehead atoms. The van der Waals surface area contributed by atoms with Crippen LogP contribution in [0.3, 0.4) is 0 Å². The number of hydrogen-bond donors (Lipinski definition) is 2. The number of rotatable bonds is 4. The molecule has 5 heteroatoms. The van der Waals surface area contributed by atoms with Crippen LogP contribution in [0.4, 0.5) is 0 Å². The molecule has 1 heterocycles. The third-order valence-electron chi connectivity index (χ3n) is 3.04. The van der Waals surface area contributed by atoms with Crippen molar-refractivity contribution in [3.63, 3.8) is 0 Å². The van der Waals surface area contributed by atoms with Gasteiger partial charge in [-0.05, 0) is 38.3 Å². The molecule has 108 valence electrons. The molecule has 2 aromatic rings. The van der Waals surface area contributed by atoms with Gasteiger partial charge in [0.1, 0.15) is 0 Å². The summed E-state index contributed by atoms with van der Waals surface area (Å²) in [6.07, 6.45) is 2.02. The predicted octanol–water partition coefficient (Wildman–Crippen LogP) is 2.55. The highest BCUT2D eigenvalue weighted by Crippen LogP contribution is 2.18. The average molecular weight is 275 g/mol. The van der Waals surface area contributed by atoms with Crippen molar-refractivity contribution in [1.29, 1.82) is 0 Å². The number of ether oxygens (including phenoxy) is 1. The van der Waals surface area contributed by atoms with E-state index in [1.54, 1.807) is 0 Å². The zero-order chi connectivity index (χ0) is 14.8. The van der Waals surface area contributed by atoms with E-state index >= 15 is 0 Å². The highest BCUT2D eigenvalue weighted by molar-refractivity contribution is 6.00. The fraction of sp³-hybridized carbons (Fsp3) is 0.400. The van der Waals surface area contributed by atoms with Gasteiger partial charge in [0, 0.05) is 23.8 Å². The van der Waals surface area contributed by atoms with Crippen molar-refractivity contribution < 1.29 is 9.94 Å². The molecule has 1 aromatic carbocycles. The van der Waals surface area contributed by atoms with Crippen LogP contribution in [-0.4, -0.2) is 27.8 Å². The molecule has 0 saturated heterocycles. The number of amidine groups is 1. The summed E-state index contributed by atoms with van der Waals surface area (Å²) in [7, 11) is 0. The van der Waals surface area contributed by atoms with Crippen molar-refractivity contribution in [1.82, 2.24) is 4.57 Å². The normalized spacial score (nSPS) is 13.1. The second-order valence-corrected chi connectivity index (χ2v) is 5.73. The Balaban J connectivity index is 2.21. The van der Waals surface area contributed by atoms with Crippen LogP contribution in [0.2, 0.25) is 0 Å². The SMILES string of the molecule is CC(C)(C)OCCn1ccc2ccc(/C(N)=N/O)cc21. The summed E-state index contributed by atoms with van der Waals surface area (Å²) < 4.78 is 7.85. The third-order valence-corrected chi connectivity index (χ3v) is 3.04. The van der Waals surface area contributed by atoms with Crippen molar-refractivity contribution in [2.45, 2.75) is 32.9 Å². The van der Waals surface area contributed by atoms with Crippen molar-refractivity contribution in [3.05, 3.63) is 36.0 Å². The summed E-state index contributed by atoms with van der Waals surface area (Å²) in [5, 5.41) is 12.9. The summed E-state index contributed by atoms with van der Waals surface area (Å²) in [6, 6.07) is 7.77. The van der Waals surface area contributed by atoms with Gasteiger partial charge in [0.2, 0.25) is 0 Å². The van der Waals surface area contributed by atoms with E-state index in [0.29, 0.717) is 12.2 Å². The fourth-order valence-corrected chi connectivity index (χ4v) is 2.05. The molecule has 0 spiro atoms. The third kappa shape index (κ3) is 3.30. The Labute approximate surface area is 118 Å². The van der Waals surface area contributed by atoms with E-state index in [9.17, 15) is 0 Å². The Morgan fingerprint density at radius 2 is 2.10 bits per heavy atom. The van der Waals surface area contributed by atoms with Gasteiger partial charge in [-0.15, -0.1) is 0 Å². The molecular formula is C15H21N3O2. The van der Waals surface area contributed by atoms with Crippen molar-refractivity contribution in [2.24, 2.45) is 10.9 Å². The van der Waals surface area contributed by atoms with E-state index in [4.69, 9.17) is 15.7 Å². The lowest BCUT2D eigenvalue weighted by molar-refractivity contribution is -0.00644. The van der Waals surface area contributed by atoms with Crippen LogP contribution in [0.1, 0.15) is 26.3 Å². The standard InChI is InChI=1S/C15H21N3O2/c1-15(2,3)20-9-8-18-7-6-11-4-5-12(10-13(11)18)14(16)17-19/h4-7,10,19H,8-9H2,1-3H3,(H2,16,17). The Morgan fingerprint density at radius 3 is 2.75 bits per heavy atom. The zero-order valence-electron chi connectivity index (χ0n) is 12.1. The van der Waals surface area contributed by atoms with Crippen LogP contribution >= 0.6 is 0 Å². The Hall–Kier alpha value is -2.01. The van der Waals surface area contributed by atoms with Gasteiger partial charge in [0.05, 0.1) is 12.2 Å². The molecular weight excluding hydrogens is 254 g/mol. The molecule has 0 fully saturated rings. The number of benzene rings is 1. The molecule has 20 heavy (non-hydrogen) atoms. The zero-order valence-corrected chi connectivity index (χ0v) is 12.1. The summed E-state index contributed by atoms with van der Waals surface area (Å²) in [4.78, 5) is 0. The van der Waals surface area contributed by atoms with E-state index in [2.05, 4.69) is 9.72 Å². The first-order chi connectivity index (χ1) is 9.40. The van der Waals surface area contributed by atoms with Gasteiger partial charge >= 0.3 is 0 Å². The fourth-order valence-electron chi connectivity index (χ4n) is 2.05. The summed E-state index contributed by atoms with van der Waals surface area (Å²) in [5.74, 6) is 0.116. The molecule has 0 unspecified atom stereocenters. The molecule has 0 radical (unpaired) electrons. The maximum Gasteiger partial charge on any atom is 0.170 e. The molecule has 0 saturated carbocycles. The first-order valence-electron chi connectivity index (χ1n) is 6.61. The molecule has 5 nitrogen and oxygen atoms in total. The average Bonchev–Trinajstić information content (AvgIpc) is 2.79. The number of hydrogen-bond acceptors (Lipinski definition) is 3. The number of nitrogens with zero attached hydrogens (tertiary/aromatic N) is 2. The first kappa shape index (κ1) is 14.4. The highest BCUT2D eigenvalue weighted by atomic mass is 16.5. The van der Waals surface area contributed by atoms with Crippen LogP contribution in [0.15, 0.2) is 35.6 Å². The number of aromatic nitrogens is 1. The van der Waals surface area contributed by atoms with Crippen LogP contribution in [0.25, 0.3) is 10.9 Å². The lowest BCUT2D eigenvalue weighted by Crippen LogP contribution is -2.21. The molecule has 0 amide bonds. The minimum absolute atomic E-state index is 0.116. The Bertz CT molecular complexity index is 624. The molecule has 3 N–H and O–H groups in total. The van der Waals surface area contributed by atoms with E-state index in [1.165, 1.54) is 0 Å². The maximum atomic E-state index is 8.75. The van der Waals surface area contributed by atoms with Gasteiger partial charge in [-0.2, -0.15) is 0 Å². The lowest BCUT2D eigenvalue weighted by Gasteiger charge is -2.19. The molecule has 0 atom stereocenters. The first-order valence-corrected chi connectivity index (χ1v) is 6.61. The van der Waals surface area contributed by atoms with Crippen molar-refractivity contribution >= 4 is 16.7 Å². The summed E-state index contributed by atoms with van der Waals surface area (Å²) >= 11 is 0. The molecule has 2 rings (SSSR count). The van der Waals surface area contributed by atoms with E-state index < -0.39 is 0 Å². The number of oxime groups is 1. The second kappa shape index (κ2) is 5.54. The minimum atomic E-state index is -0.137. The quantitative estimate of drug-likeness (QED) is 0.390. The van der Waals surface area contributed by atoms with Crippen LogP contribution in [0.5, 0.6) is 0 Å². The van der Waals surface area contributed by atoms with Crippen LogP contribution in [0, 0.1) is 0 Å². The predicted molar refractivity (Wildman–Crippen MR) is 80.2 cm³/mol. The monoisotopic (exact) mass is 275 g/mol. The summed E-state index contributed by atoms with van der Waals surface area (Å²) in [6.45, 7) is 7.52. The largest absolute Gasteiger partial charge is 0.409 e. The van der Waals surface area contributed by atoms with Gasteiger partial charge in [0.25, 0.3) is 0 Å². The minimum Gasteiger partial charge on any atom is -0.409 e. The molecule has 0 aliphatic carbocycles. The van der Waals surface area contributed by atoms with Crippen LogP contribution < -0.4 is 5.73 Å². The number of nitrogens with two attached hydrogens (primary N) is 1. The molecule has 0 aliphatic rings. The van der Waals surface area contributed by atoms with Crippen molar-refractivity contribution in [2.75, 3.05) is 6.61 Å². The van der Waals surface area contributed by atoms with Gasteiger partial charge in [-0.25, -0.2) is 0 Å².